The molecule has 0 aliphatic heterocycles. The van der Waals surface area contributed by atoms with Crippen LogP contribution in [0.4, 0.5) is 0 Å². The molecule has 0 bridgehead atoms. The highest BCUT2D eigenvalue weighted by Gasteiger charge is 2.20. The summed E-state index contributed by atoms with van der Waals surface area (Å²) in [6.45, 7) is 4.76. The topological polar surface area (TPSA) is 96.7 Å². The van der Waals surface area contributed by atoms with Crippen molar-refractivity contribution in [2.75, 3.05) is 34.0 Å². The zero-order valence-electron chi connectivity index (χ0n) is 24.3. The van der Waals surface area contributed by atoms with E-state index in [9.17, 15) is 5.11 Å². The summed E-state index contributed by atoms with van der Waals surface area (Å²) in [5.74, 6) is 1.23. The van der Waals surface area contributed by atoms with Crippen molar-refractivity contribution >= 4 is 23.2 Å². The Bertz CT molecular complexity index is 1400. The first kappa shape index (κ1) is 31.7. The van der Waals surface area contributed by atoms with Crippen LogP contribution in [-0.4, -0.2) is 54.2 Å². The SMILES string of the molecule is COc1nc(-c2cccc(-c3cccc(-c4ccc([C@@H](C)NCCO)c(OC)n4)c3Cl)c2Cl)ccc1[C@H](C)CCCO. The van der Waals surface area contributed by atoms with E-state index in [1.165, 1.54) is 0 Å². The largest absolute Gasteiger partial charge is 0.481 e. The quantitative estimate of drug-likeness (QED) is 0.146. The van der Waals surface area contributed by atoms with Crippen LogP contribution in [0.2, 0.25) is 10.0 Å². The number of hydrogen-bond acceptors (Lipinski definition) is 7. The Morgan fingerprint density at radius 3 is 1.71 bits per heavy atom. The summed E-state index contributed by atoms with van der Waals surface area (Å²) in [5, 5.41) is 22.7. The van der Waals surface area contributed by atoms with Gasteiger partial charge in [0.15, 0.2) is 0 Å². The van der Waals surface area contributed by atoms with Gasteiger partial charge in [-0.05, 0) is 43.9 Å². The smallest absolute Gasteiger partial charge is 0.218 e. The molecule has 2 atom stereocenters. The highest BCUT2D eigenvalue weighted by atomic mass is 35.5. The van der Waals surface area contributed by atoms with Crippen LogP contribution in [0.25, 0.3) is 33.6 Å². The number of pyridine rings is 2. The fraction of sp³-hybridized carbons (Fsp3) is 0.333. The van der Waals surface area contributed by atoms with Crippen molar-refractivity contribution in [1.82, 2.24) is 15.3 Å². The van der Waals surface area contributed by atoms with Crippen molar-refractivity contribution in [2.45, 2.75) is 38.6 Å². The highest BCUT2D eigenvalue weighted by Crippen LogP contribution is 2.43. The molecule has 0 saturated heterocycles. The van der Waals surface area contributed by atoms with Gasteiger partial charge in [-0.3, -0.25) is 0 Å². The minimum atomic E-state index is -0.0537. The Kier molecular flexibility index (Phi) is 11.2. The third-order valence-electron chi connectivity index (χ3n) is 7.36. The Morgan fingerprint density at radius 1 is 0.714 bits per heavy atom. The lowest BCUT2D eigenvalue weighted by Gasteiger charge is -2.18. The van der Waals surface area contributed by atoms with E-state index in [0.717, 1.165) is 39.8 Å². The number of nitrogens with one attached hydrogen (secondary N) is 1. The second-order valence-corrected chi connectivity index (χ2v) is 10.8. The van der Waals surface area contributed by atoms with Gasteiger partial charge in [0, 0.05) is 52.6 Å². The maximum absolute atomic E-state index is 9.22. The molecule has 4 rings (SSSR count). The molecule has 0 aliphatic carbocycles. The van der Waals surface area contributed by atoms with Crippen LogP contribution >= 0.6 is 23.2 Å². The van der Waals surface area contributed by atoms with Crippen LogP contribution in [-0.2, 0) is 0 Å². The number of ether oxygens (including phenoxy) is 2. The first-order valence-corrected chi connectivity index (χ1v) is 14.7. The van der Waals surface area contributed by atoms with Crippen molar-refractivity contribution in [3.05, 3.63) is 81.8 Å². The number of aromatic nitrogens is 2. The fourth-order valence-corrected chi connectivity index (χ4v) is 5.70. The first-order chi connectivity index (χ1) is 20.3. The molecule has 4 aromatic rings. The molecule has 7 nitrogen and oxygen atoms in total. The summed E-state index contributed by atoms with van der Waals surface area (Å²) in [6, 6.07) is 19.4. The van der Waals surface area contributed by atoms with Crippen LogP contribution in [0.3, 0.4) is 0 Å². The molecule has 9 heteroatoms. The summed E-state index contributed by atoms with van der Waals surface area (Å²) in [5.41, 5.74) is 6.28. The molecular formula is C33H37Cl2N3O4. The monoisotopic (exact) mass is 609 g/mol. The van der Waals surface area contributed by atoms with E-state index in [4.69, 9.17) is 47.8 Å². The molecule has 0 fully saturated rings. The molecule has 222 valence electrons. The predicted octanol–water partition coefficient (Wildman–Crippen LogP) is 7.32. The molecule has 2 heterocycles. The highest BCUT2D eigenvalue weighted by molar-refractivity contribution is 6.39. The second-order valence-electron chi connectivity index (χ2n) is 10.1. The zero-order chi connectivity index (χ0) is 30.2. The van der Waals surface area contributed by atoms with Crippen molar-refractivity contribution in [3.8, 4) is 45.4 Å². The zero-order valence-corrected chi connectivity index (χ0v) is 25.8. The van der Waals surface area contributed by atoms with Gasteiger partial charge in [0.2, 0.25) is 11.8 Å². The lowest BCUT2D eigenvalue weighted by molar-refractivity contribution is 0.280. The molecule has 2 aromatic heterocycles. The number of nitrogens with zero attached hydrogens (tertiary/aromatic N) is 2. The van der Waals surface area contributed by atoms with Crippen molar-refractivity contribution in [3.63, 3.8) is 0 Å². The third kappa shape index (κ3) is 6.88. The second kappa shape index (κ2) is 14.8. The molecule has 0 spiro atoms. The Labute approximate surface area is 257 Å². The van der Waals surface area contributed by atoms with E-state index in [-0.39, 0.29) is 25.2 Å². The van der Waals surface area contributed by atoms with Crippen molar-refractivity contribution < 1.29 is 19.7 Å². The maximum Gasteiger partial charge on any atom is 0.218 e. The molecule has 42 heavy (non-hydrogen) atoms. The molecule has 0 radical (unpaired) electrons. The van der Waals surface area contributed by atoms with Crippen LogP contribution in [0.5, 0.6) is 11.8 Å². The normalized spacial score (nSPS) is 12.7. The Hall–Kier alpha value is -3.20. The number of aliphatic hydroxyl groups excluding tert-OH is 2. The summed E-state index contributed by atoms with van der Waals surface area (Å²) in [6.07, 6.45) is 1.55. The lowest BCUT2D eigenvalue weighted by Crippen LogP contribution is -2.22. The maximum atomic E-state index is 9.22. The van der Waals surface area contributed by atoms with Crippen LogP contribution < -0.4 is 14.8 Å². The van der Waals surface area contributed by atoms with Gasteiger partial charge in [0.1, 0.15) is 0 Å². The molecule has 3 N–H and O–H groups in total. The molecular weight excluding hydrogens is 573 g/mol. The van der Waals surface area contributed by atoms with Crippen molar-refractivity contribution in [1.29, 1.82) is 0 Å². The molecule has 2 aromatic carbocycles. The summed E-state index contributed by atoms with van der Waals surface area (Å²) >= 11 is 14.1. The third-order valence-corrected chi connectivity index (χ3v) is 8.18. The number of benzene rings is 2. The van der Waals surface area contributed by atoms with E-state index in [0.29, 0.717) is 46.2 Å². The number of aliphatic hydroxyl groups is 2. The van der Waals surface area contributed by atoms with Crippen molar-refractivity contribution in [2.24, 2.45) is 0 Å². The average Bonchev–Trinajstić information content (AvgIpc) is 3.02. The van der Waals surface area contributed by atoms with Gasteiger partial charge >= 0.3 is 0 Å². The fourth-order valence-electron chi connectivity index (χ4n) is 5.05. The molecule has 0 saturated carbocycles. The minimum Gasteiger partial charge on any atom is -0.481 e. The van der Waals surface area contributed by atoms with Gasteiger partial charge in [-0.2, -0.15) is 0 Å². The summed E-state index contributed by atoms with van der Waals surface area (Å²) in [7, 11) is 3.20. The predicted molar refractivity (Wildman–Crippen MR) is 170 cm³/mol. The Balaban J connectivity index is 1.72. The summed E-state index contributed by atoms with van der Waals surface area (Å²) in [4.78, 5) is 9.54. The minimum absolute atomic E-state index is 0.0455. The first-order valence-electron chi connectivity index (χ1n) is 14.0. The van der Waals surface area contributed by atoms with Crippen LogP contribution in [0.1, 0.15) is 49.8 Å². The molecule has 0 unspecified atom stereocenters. The number of hydrogen-bond donors (Lipinski definition) is 3. The van der Waals surface area contributed by atoms with E-state index in [1.807, 2.05) is 67.6 Å². The summed E-state index contributed by atoms with van der Waals surface area (Å²) < 4.78 is 11.2. The number of rotatable bonds is 13. The van der Waals surface area contributed by atoms with E-state index < -0.39 is 0 Å². The Morgan fingerprint density at radius 2 is 1.21 bits per heavy atom. The molecule has 0 aliphatic rings. The lowest BCUT2D eigenvalue weighted by atomic mass is 9.95. The standard InChI is InChI=1S/C33H37Cl2N3O4/c1-20(8-7-18-39)22-13-15-28(37-32(22)41-3)26-11-5-9-24(30(26)34)25-10-6-12-27(31(25)35)29-16-14-23(33(38-29)42-4)21(2)36-17-19-40/h5-6,9-16,20-21,36,39-40H,7-8,17-19H2,1-4H3/t20-,21-/m1/s1. The molecule has 0 amide bonds. The average molecular weight is 611 g/mol. The van der Waals surface area contributed by atoms with Gasteiger partial charge in [0.25, 0.3) is 0 Å². The number of methoxy groups -OCH3 is 2. The van der Waals surface area contributed by atoms with Gasteiger partial charge in [0.05, 0.1) is 42.3 Å². The van der Waals surface area contributed by atoms with Gasteiger partial charge in [-0.1, -0.05) is 72.6 Å². The van der Waals surface area contributed by atoms with E-state index >= 15 is 0 Å². The van der Waals surface area contributed by atoms with E-state index in [2.05, 4.69) is 12.2 Å². The van der Waals surface area contributed by atoms with Gasteiger partial charge in [-0.15, -0.1) is 0 Å². The number of halogens is 2. The van der Waals surface area contributed by atoms with Crippen LogP contribution in [0, 0.1) is 0 Å². The van der Waals surface area contributed by atoms with Crippen LogP contribution in [0.15, 0.2) is 60.7 Å². The van der Waals surface area contributed by atoms with Gasteiger partial charge in [-0.25, -0.2) is 9.97 Å². The van der Waals surface area contributed by atoms with E-state index in [1.54, 1.807) is 14.2 Å². The van der Waals surface area contributed by atoms with Gasteiger partial charge < -0.3 is 25.0 Å².